The van der Waals surface area contributed by atoms with Crippen LogP contribution >= 0.6 is 0 Å². The Morgan fingerprint density at radius 1 is 0.476 bits per heavy atom. The molecule has 0 spiro atoms. The maximum absolute atomic E-state index is 13.3. The van der Waals surface area contributed by atoms with Gasteiger partial charge in [0.25, 0.3) is 23.6 Å². The van der Waals surface area contributed by atoms with Crippen LogP contribution in [0.15, 0.2) is 84.9 Å². The third kappa shape index (κ3) is 4.40. The van der Waals surface area contributed by atoms with E-state index >= 15 is 0 Å². The number of nitrogens with zero attached hydrogens (tertiary/aromatic N) is 2. The number of hydrogen-bond acceptors (Lipinski definition) is 8. The predicted octanol–water partition coefficient (Wildman–Crippen LogP) is 4.81. The zero-order chi connectivity index (χ0) is 29.7. The number of hydrogen-bond donors (Lipinski definition) is 0. The normalized spacial score (nSPS) is 13.8. The third-order valence-corrected chi connectivity index (χ3v) is 6.82. The Kier molecular flexibility index (Phi) is 6.23. The molecule has 0 aromatic heterocycles. The molecule has 0 aliphatic carbocycles. The Balaban J connectivity index is 1.27. The van der Waals surface area contributed by atoms with Gasteiger partial charge >= 0.3 is 11.9 Å². The molecule has 2 heterocycles. The molecule has 0 atom stereocenters. The minimum Gasteiger partial charge on any atom is -0.427 e. The second kappa shape index (κ2) is 9.93. The number of carbonyl (C=O) groups is 6. The number of amides is 4. The van der Waals surface area contributed by atoms with E-state index in [1.54, 1.807) is 36.4 Å². The van der Waals surface area contributed by atoms with E-state index in [1.165, 1.54) is 62.4 Å². The Hall–Kier alpha value is -5.90. The molecule has 10 nitrogen and oxygen atoms in total. The fourth-order valence-electron chi connectivity index (χ4n) is 4.97. The minimum absolute atomic E-state index is 0.193. The standard InChI is InChI=1S/C32H20N2O8/c1-17(35)41-23-9-5-21(6-10-23)33-29(37)25-13-3-19(15-27(25)31(33)39)20-4-14-26-28(16-20)32(40)34(30(26)38)22-7-11-24(12-8-22)42-18(2)36/h3-16H,1-2H3. The van der Waals surface area contributed by atoms with Crippen molar-refractivity contribution in [2.75, 3.05) is 9.80 Å². The van der Waals surface area contributed by atoms with Crippen LogP contribution in [0.1, 0.15) is 55.3 Å². The Bertz CT molecular complexity index is 1720. The molecule has 0 N–H and O–H groups in total. The van der Waals surface area contributed by atoms with Crippen molar-refractivity contribution in [1.29, 1.82) is 0 Å². The lowest BCUT2D eigenvalue weighted by Gasteiger charge is -2.14. The Morgan fingerprint density at radius 2 is 0.810 bits per heavy atom. The van der Waals surface area contributed by atoms with Crippen molar-refractivity contribution in [3.8, 4) is 22.6 Å². The van der Waals surface area contributed by atoms with Gasteiger partial charge in [0, 0.05) is 13.8 Å². The molecule has 2 aliphatic rings. The van der Waals surface area contributed by atoms with E-state index in [0.717, 1.165) is 9.80 Å². The predicted molar refractivity (Wildman–Crippen MR) is 150 cm³/mol. The number of benzene rings is 4. The maximum atomic E-state index is 13.3. The van der Waals surface area contributed by atoms with Crippen LogP contribution in [0.4, 0.5) is 11.4 Å². The molecule has 0 saturated heterocycles. The molecule has 42 heavy (non-hydrogen) atoms. The second-order valence-corrected chi connectivity index (χ2v) is 9.59. The smallest absolute Gasteiger partial charge is 0.308 e. The largest absolute Gasteiger partial charge is 0.427 e. The molecule has 0 saturated carbocycles. The second-order valence-electron chi connectivity index (χ2n) is 9.59. The van der Waals surface area contributed by atoms with E-state index in [9.17, 15) is 28.8 Å². The van der Waals surface area contributed by atoms with E-state index in [4.69, 9.17) is 9.47 Å². The summed E-state index contributed by atoms with van der Waals surface area (Å²) in [5, 5.41) is 0. The highest BCUT2D eigenvalue weighted by molar-refractivity contribution is 6.35. The van der Waals surface area contributed by atoms with Crippen LogP contribution in [0.25, 0.3) is 11.1 Å². The molecular weight excluding hydrogens is 540 g/mol. The highest BCUT2D eigenvalue weighted by Crippen LogP contribution is 2.35. The van der Waals surface area contributed by atoms with Crippen LogP contribution in [-0.2, 0) is 9.59 Å². The van der Waals surface area contributed by atoms with Gasteiger partial charge in [0.2, 0.25) is 0 Å². The first-order valence-corrected chi connectivity index (χ1v) is 12.8. The first-order valence-electron chi connectivity index (χ1n) is 12.8. The first kappa shape index (κ1) is 26.3. The average molecular weight is 561 g/mol. The quantitative estimate of drug-likeness (QED) is 0.193. The van der Waals surface area contributed by atoms with E-state index in [0.29, 0.717) is 22.5 Å². The van der Waals surface area contributed by atoms with Crippen LogP contribution in [-0.4, -0.2) is 35.6 Å². The van der Waals surface area contributed by atoms with Crippen molar-refractivity contribution >= 4 is 46.9 Å². The SMILES string of the molecule is CC(=O)Oc1ccc(N2C(=O)c3ccc(-c4ccc5c(c4)C(=O)N(c4ccc(OC(C)=O)cc4)C5=O)cc3C2=O)cc1. The van der Waals surface area contributed by atoms with Gasteiger partial charge in [-0.2, -0.15) is 0 Å². The first-order chi connectivity index (χ1) is 20.1. The number of esters is 2. The van der Waals surface area contributed by atoms with Crippen molar-refractivity contribution < 1.29 is 38.2 Å². The lowest BCUT2D eigenvalue weighted by atomic mass is 9.97. The van der Waals surface area contributed by atoms with E-state index in [1.807, 2.05) is 0 Å². The molecule has 2 aliphatic heterocycles. The van der Waals surface area contributed by atoms with Crippen molar-refractivity contribution in [3.05, 3.63) is 107 Å². The molecule has 0 fully saturated rings. The fourth-order valence-corrected chi connectivity index (χ4v) is 4.97. The van der Waals surface area contributed by atoms with Crippen LogP contribution in [0, 0.1) is 0 Å². The Morgan fingerprint density at radius 3 is 1.14 bits per heavy atom. The number of rotatable bonds is 5. The molecule has 0 bridgehead atoms. The van der Waals surface area contributed by atoms with Gasteiger partial charge < -0.3 is 9.47 Å². The molecular formula is C32H20N2O8. The lowest BCUT2D eigenvalue weighted by molar-refractivity contribution is -0.132. The molecule has 206 valence electrons. The van der Waals surface area contributed by atoms with Gasteiger partial charge in [0.15, 0.2) is 0 Å². The molecule has 0 radical (unpaired) electrons. The molecule has 4 aromatic rings. The van der Waals surface area contributed by atoms with Gasteiger partial charge in [-0.15, -0.1) is 0 Å². The molecule has 0 unspecified atom stereocenters. The highest BCUT2D eigenvalue weighted by Gasteiger charge is 2.38. The zero-order valence-corrected chi connectivity index (χ0v) is 22.2. The molecule has 6 rings (SSSR count). The van der Waals surface area contributed by atoms with Gasteiger partial charge in [0.05, 0.1) is 33.6 Å². The summed E-state index contributed by atoms with van der Waals surface area (Å²) in [5.74, 6) is -2.44. The van der Waals surface area contributed by atoms with Crippen LogP contribution in [0.2, 0.25) is 0 Å². The van der Waals surface area contributed by atoms with E-state index < -0.39 is 35.6 Å². The van der Waals surface area contributed by atoms with Crippen LogP contribution < -0.4 is 19.3 Å². The van der Waals surface area contributed by atoms with Gasteiger partial charge in [-0.25, -0.2) is 9.80 Å². The highest BCUT2D eigenvalue weighted by atomic mass is 16.5. The van der Waals surface area contributed by atoms with Crippen molar-refractivity contribution in [3.63, 3.8) is 0 Å². The summed E-state index contributed by atoms with van der Waals surface area (Å²) < 4.78 is 10.0. The summed E-state index contributed by atoms with van der Waals surface area (Å²) in [4.78, 5) is 77.3. The van der Waals surface area contributed by atoms with Crippen LogP contribution in [0.5, 0.6) is 11.5 Å². The fraction of sp³-hybridized carbons (Fsp3) is 0.0625. The topological polar surface area (TPSA) is 127 Å². The van der Waals surface area contributed by atoms with Crippen LogP contribution in [0.3, 0.4) is 0 Å². The lowest BCUT2D eigenvalue weighted by Crippen LogP contribution is -2.29. The third-order valence-electron chi connectivity index (χ3n) is 6.82. The zero-order valence-electron chi connectivity index (χ0n) is 22.2. The van der Waals surface area contributed by atoms with E-state index in [2.05, 4.69) is 0 Å². The Labute approximate surface area is 238 Å². The summed E-state index contributed by atoms with van der Waals surface area (Å²) in [5.41, 5.74) is 2.64. The van der Waals surface area contributed by atoms with Gasteiger partial charge in [-0.05, 0) is 83.9 Å². The molecule has 4 aromatic carbocycles. The van der Waals surface area contributed by atoms with Crippen molar-refractivity contribution in [2.45, 2.75) is 13.8 Å². The number of carbonyl (C=O) groups excluding carboxylic acids is 6. The number of fused-ring (bicyclic) bond motifs is 2. The van der Waals surface area contributed by atoms with Gasteiger partial charge in [0.1, 0.15) is 11.5 Å². The van der Waals surface area contributed by atoms with Crippen molar-refractivity contribution in [1.82, 2.24) is 0 Å². The molecule has 4 amide bonds. The maximum Gasteiger partial charge on any atom is 0.308 e. The molecule has 10 heteroatoms. The summed E-state index contributed by atoms with van der Waals surface area (Å²) in [7, 11) is 0. The summed E-state index contributed by atoms with van der Waals surface area (Å²) >= 11 is 0. The average Bonchev–Trinajstić information content (AvgIpc) is 3.37. The minimum atomic E-state index is -0.520. The van der Waals surface area contributed by atoms with E-state index in [-0.39, 0.29) is 33.8 Å². The number of anilines is 2. The van der Waals surface area contributed by atoms with Gasteiger partial charge in [-0.3, -0.25) is 28.8 Å². The number of ether oxygens (including phenoxy) is 2. The number of imide groups is 2. The van der Waals surface area contributed by atoms with Gasteiger partial charge in [-0.1, -0.05) is 12.1 Å². The monoisotopic (exact) mass is 560 g/mol. The van der Waals surface area contributed by atoms with Crippen molar-refractivity contribution in [2.24, 2.45) is 0 Å². The summed E-state index contributed by atoms with van der Waals surface area (Å²) in [6.45, 7) is 2.54. The summed E-state index contributed by atoms with van der Waals surface area (Å²) in [6, 6.07) is 21.6. The summed E-state index contributed by atoms with van der Waals surface area (Å²) in [6.07, 6.45) is 0.